The summed E-state index contributed by atoms with van der Waals surface area (Å²) in [5.41, 5.74) is 1.75. The summed E-state index contributed by atoms with van der Waals surface area (Å²) < 4.78 is 28.1. The molecule has 1 fully saturated rings. The molecule has 30 heavy (non-hydrogen) atoms. The first-order chi connectivity index (χ1) is 14.4. The van der Waals surface area contributed by atoms with Gasteiger partial charge in [-0.05, 0) is 37.1 Å². The Balaban J connectivity index is 1.57. The zero-order valence-electron chi connectivity index (χ0n) is 17.5. The molecule has 0 saturated carbocycles. The number of methoxy groups -OCH3 is 1. The summed E-state index contributed by atoms with van der Waals surface area (Å²) in [5, 5.41) is 0. The number of amides is 1. The first kappa shape index (κ1) is 20.7. The second-order valence-electron chi connectivity index (χ2n) is 7.88. The van der Waals surface area contributed by atoms with Crippen molar-refractivity contribution in [3.63, 3.8) is 0 Å². The Morgan fingerprint density at radius 1 is 1.17 bits per heavy atom. The SMILES string of the molecule is CO[C@H](C(=O)N(Cc1ccc2c(c1)OCO2)C[C@@H]1COC(C)(C)O1)c1ccccc1. The van der Waals surface area contributed by atoms with Gasteiger partial charge in [0.25, 0.3) is 5.91 Å². The van der Waals surface area contributed by atoms with Crippen LogP contribution in [0.15, 0.2) is 48.5 Å². The largest absolute Gasteiger partial charge is 0.454 e. The molecule has 160 valence electrons. The van der Waals surface area contributed by atoms with E-state index in [0.29, 0.717) is 31.2 Å². The van der Waals surface area contributed by atoms with Crippen molar-refractivity contribution in [2.24, 2.45) is 0 Å². The molecule has 1 saturated heterocycles. The molecule has 0 aliphatic carbocycles. The molecule has 2 atom stereocenters. The minimum absolute atomic E-state index is 0.130. The lowest BCUT2D eigenvalue weighted by Crippen LogP contribution is -2.41. The summed E-state index contributed by atoms with van der Waals surface area (Å²) in [4.78, 5) is 15.3. The molecule has 2 heterocycles. The van der Waals surface area contributed by atoms with Crippen LogP contribution in [0.1, 0.15) is 31.1 Å². The quantitative estimate of drug-likeness (QED) is 0.694. The summed E-state index contributed by atoms with van der Waals surface area (Å²) in [5.74, 6) is 0.616. The molecule has 2 aromatic carbocycles. The lowest BCUT2D eigenvalue weighted by atomic mass is 10.1. The van der Waals surface area contributed by atoms with Gasteiger partial charge >= 0.3 is 0 Å². The van der Waals surface area contributed by atoms with Crippen molar-refractivity contribution >= 4 is 5.91 Å². The van der Waals surface area contributed by atoms with Gasteiger partial charge in [0, 0.05) is 20.2 Å². The van der Waals surface area contributed by atoms with E-state index in [0.717, 1.165) is 11.1 Å². The van der Waals surface area contributed by atoms with E-state index in [4.69, 9.17) is 23.7 Å². The molecule has 0 spiro atoms. The summed E-state index contributed by atoms with van der Waals surface area (Å²) >= 11 is 0. The number of hydrogen-bond acceptors (Lipinski definition) is 6. The lowest BCUT2D eigenvalue weighted by molar-refractivity contribution is -0.152. The maximum Gasteiger partial charge on any atom is 0.256 e. The second-order valence-corrected chi connectivity index (χ2v) is 7.88. The number of benzene rings is 2. The van der Waals surface area contributed by atoms with Gasteiger partial charge in [0.05, 0.1) is 6.61 Å². The number of nitrogens with zero attached hydrogens (tertiary/aromatic N) is 1. The van der Waals surface area contributed by atoms with Gasteiger partial charge in [-0.2, -0.15) is 0 Å². The third kappa shape index (κ3) is 4.59. The van der Waals surface area contributed by atoms with Crippen molar-refractivity contribution in [1.82, 2.24) is 4.90 Å². The van der Waals surface area contributed by atoms with Crippen LogP contribution in [0.25, 0.3) is 0 Å². The van der Waals surface area contributed by atoms with Crippen molar-refractivity contribution in [3.05, 3.63) is 59.7 Å². The molecule has 0 radical (unpaired) electrons. The van der Waals surface area contributed by atoms with Crippen LogP contribution in [0.4, 0.5) is 0 Å². The Hall–Kier alpha value is -2.61. The molecular formula is C23H27NO6. The molecule has 4 rings (SSSR count). The summed E-state index contributed by atoms with van der Waals surface area (Å²) in [6, 6.07) is 15.2. The molecule has 0 unspecified atom stereocenters. The van der Waals surface area contributed by atoms with Crippen molar-refractivity contribution in [2.75, 3.05) is 27.1 Å². The Labute approximate surface area is 176 Å². The highest BCUT2D eigenvalue weighted by Crippen LogP contribution is 2.33. The van der Waals surface area contributed by atoms with E-state index < -0.39 is 11.9 Å². The van der Waals surface area contributed by atoms with E-state index in [1.54, 1.807) is 12.0 Å². The van der Waals surface area contributed by atoms with Crippen molar-refractivity contribution < 1.29 is 28.5 Å². The fraction of sp³-hybridized carbons (Fsp3) is 0.435. The van der Waals surface area contributed by atoms with Gasteiger partial charge in [0.1, 0.15) is 6.10 Å². The van der Waals surface area contributed by atoms with Crippen LogP contribution in [0, 0.1) is 0 Å². The molecule has 7 nitrogen and oxygen atoms in total. The maximum atomic E-state index is 13.5. The number of carbonyl (C=O) groups excluding carboxylic acids is 1. The molecule has 0 bridgehead atoms. The van der Waals surface area contributed by atoms with Crippen LogP contribution >= 0.6 is 0 Å². The third-order valence-corrected chi connectivity index (χ3v) is 5.18. The number of ether oxygens (including phenoxy) is 5. The lowest BCUT2D eigenvalue weighted by Gasteiger charge is -2.29. The fourth-order valence-corrected chi connectivity index (χ4v) is 3.76. The topological polar surface area (TPSA) is 66.5 Å². The van der Waals surface area contributed by atoms with Gasteiger partial charge in [-0.15, -0.1) is 0 Å². The van der Waals surface area contributed by atoms with E-state index >= 15 is 0 Å². The summed E-state index contributed by atoms with van der Waals surface area (Å²) in [7, 11) is 1.55. The van der Waals surface area contributed by atoms with Crippen molar-refractivity contribution in [3.8, 4) is 11.5 Å². The van der Waals surface area contributed by atoms with Gasteiger partial charge in [-0.1, -0.05) is 36.4 Å². The van der Waals surface area contributed by atoms with E-state index in [-0.39, 0.29) is 18.8 Å². The van der Waals surface area contributed by atoms with Gasteiger partial charge in [-0.25, -0.2) is 0 Å². The van der Waals surface area contributed by atoms with Crippen LogP contribution in [0.2, 0.25) is 0 Å². The minimum Gasteiger partial charge on any atom is -0.454 e. The Bertz CT molecular complexity index is 885. The van der Waals surface area contributed by atoms with Gasteiger partial charge in [0.15, 0.2) is 23.4 Å². The third-order valence-electron chi connectivity index (χ3n) is 5.18. The molecule has 2 aliphatic rings. The molecule has 2 aromatic rings. The van der Waals surface area contributed by atoms with Gasteiger partial charge in [0.2, 0.25) is 6.79 Å². The zero-order chi connectivity index (χ0) is 21.1. The highest BCUT2D eigenvalue weighted by atomic mass is 16.7. The first-order valence-corrected chi connectivity index (χ1v) is 10.0. The van der Waals surface area contributed by atoms with E-state index in [9.17, 15) is 4.79 Å². The monoisotopic (exact) mass is 413 g/mol. The molecule has 2 aliphatic heterocycles. The van der Waals surface area contributed by atoms with E-state index in [2.05, 4.69) is 0 Å². The smallest absolute Gasteiger partial charge is 0.256 e. The van der Waals surface area contributed by atoms with Crippen LogP contribution < -0.4 is 9.47 Å². The highest BCUT2D eigenvalue weighted by Gasteiger charge is 2.36. The number of hydrogen-bond donors (Lipinski definition) is 0. The Morgan fingerprint density at radius 2 is 1.93 bits per heavy atom. The predicted octanol–water partition coefficient (Wildman–Crippen LogP) is 3.28. The highest BCUT2D eigenvalue weighted by molar-refractivity contribution is 5.82. The van der Waals surface area contributed by atoms with Crippen LogP contribution in [-0.2, 0) is 25.5 Å². The molecule has 0 aromatic heterocycles. The maximum absolute atomic E-state index is 13.5. The van der Waals surface area contributed by atoms with E-state index in [1.165, 1.54) is 0 Å². The van der Waals surface area contributed by atoms with Gasteiger partial charge in [-0.3, -0.25) is 4.79 Å². The zero-order valence-corrected chi connectivity index (χ0v) is 17.5. The predicted molar refractivity (Wildman–Crippen MR) is 109 cm³/mol. The van der Waals surface area contributed by atoms with Crippen molar-refractivity contribution in [1.29, 1.82) is 0 Å². The van der Waals surface area contributed by atoms with Crippen molar-refractivity contribution in [2.45, 2.75) is 38.4 Å². The average molecular weight is 413 g/mol. The van der Waals surface area contributed by atoms with Crippen LogP contribution in [-0.4, -0.2) is 49.8 Å². The Kier molecular flexibility index (Phi) is 5.94. The first-order valence-electron chi connectivity index (χ1n) is 10.0. The number of carbonyl (C=O) groups is 1. The molecule has 1 amide bonds. The molecular weight excluding hydrogens is 386 g/mol. The standard InChI is InChI=1S/C23H27NO6/c1-23(2)29-14-18(30-23)13-24(12-16-9-10-19-20(11-16)28-15-27-19)22(25)21(26-3)17-7-5-4-6-8-17/h4-11,18,21H,12-15H2,1-3H3/t18-,21+/m1/s1. The average Bonchev–Trinajstić information content (AvgIpc) is 3.34. The normalized spacial score (nSPS) is 20.2. The van der Waals surface area contributed by atoms with Crippen LogP contribution in [0.5, 0.6) is 11.5 Å². The minimum atomic E-state index is -0.699. The van der Waals surface area contributed by atoms with Crippen LogP contribution in [0.3, 0.4) is 0 Å². The Morgan fingerprint density at radius 3 is 2.63 bits per heavy atom. The summed E-state index contributed by atoms with van der Waals surface area (Å²) in [6.45, 7) is 5.17. The van der Waals surface area contributed by atoms with E-state index in [1.807, 2.05) is 62.4 Å². The number of fused-ring (bicyclic) bond motifs is 1. The second kappa shape index (κ2) is 8.63. The fourth-order valence-electron chi connectivity index (χ4n) is 3.76. The molecule has 7 heteroatoms. The van der Waals surface area contributed by atoms with Gasteiger partial charge < -0.3 is 28.6 Å². The molecule has 0 N–H and O–H groups in total. The summed E-state index contributed by atoms with van der Waals surface area (Å²) in [6.07, 6.45) is -0.915. The number of rotatable bonds is 7.